The van der Waals surface area contributed by atoms with Gasteiger partial charge in [-0.25, -0.2) is 0 Å². The lowest BCUT2D eigenvalue weighted by molar-refractivity contribution is 0.801. The van der Waals surface area contributed by atoms with Crippen molar-refractivity contribution in [1.82, 2.24) is 0 Å². The maximum atomic E-state index is 9.04. The van der Waals surface area contributed by atoms with Crippen molar-refractivity contribution in [3.8, 4) is 6.07 Å². The molecule has 0 heterocycles. The van der Waals surface area contributed by atoms with Gasteiger partial charge in [0.05, 0.1) is 23.0 Å². The van der Waals surface area contributed by atoms with Crippen LogP contribution in [0.3, 0.4) is 0 Å². The van der Waals surface area contributed by atoms with Gasteiger partial charge in [0.1, 0.15) is 0 Å². The van der Waals surface area contributed by atoms with E-state index in [-0.39, 0.29) is 0 Å². The molecule has 0 amide bonds. The minimum absolute atomic E-state index is 0.579. The van der Waals surface area contributed by atoms with E-state index in [0.717, 1.165) is 18.8 Å². The lowest BCUT2D eigenvalue weighted by atomic mass is 10.1. The third-order valence-electron chi connectivity index (χ3n) is 3.93. The zero-order valence-corrected chi connectivity index (χ0v) is 13.4. The van der Waals surface area contributed by atoms with Crippen LogP contribution in [-0.2, 0) is 13.1 Å². The Bertz CT molecular complexity index is 794. The summed E-state index contributed by atoms with van der Waals surface area (Å²) < 4.78 is 0. The molecule has 3 aromatic rings. The Morgan fingerprint density at radius 3 is 1.79 bits per heavy atom. The highest BCUT2D eigenvalue weighted by Crippen LogP contribution is 2.27. The maximum absolute atomic E-state index is 9.04. The van der Waals surface area contributed by atoms with Gasteiger partial charge in [0.15, 0.2) is 0 Å². The van der Waals surface area contributed by atoms with E-state index in [9.17, 15) is 0 Å². The van der Waals surface area contributed by atoms with Crippen molar-refractivity contribution in [2.24, 2.45) is 0 Å². The van der Waals surface area contributed by atoms with E-state index in [1.54, 1.807) is 6.07 Å². The van der Waals surface area contributed by atoms with Gasteiger partial charge in [0.2, 0.25) is 0 Å². The second-order valence-corrected chi connectivity index (χ2v) is 5.71. The van der Waals surface area contributed by atoms with Gasteiger partial charge in [-0.2, -0.15) is 5.26 Å². The average Bonchev–Trinajstić information content (AvgIpc) is 2.63. The minimum Gasteiger partial charge on any atom is -0.397 e. The maximum Gasteiger partial charge on any atom is 0.0992 e. The molecule has 3 rings (SSSR count). The average molecular weight is 313 g/mol. The predicted octanol–water partition coefficient (Wildman–Crippen LogP) is 4.35. The summed E-state index contributed by atoms with van der Waals surface area (Å²) in [4.78, 5) is 2.24. The molecule has 2 N–H and O–H groups in total. The highest BCUT2D eigenvalue weighted by atomic mass is 15.1. The van der Waals surface area contributed by atoms with Gasteiger partial charge in [-0.3, -0.25) is 0 Å². The van der Waals surface area contributed by atoms with Gasteiger partial charge in [-0.1, -0.05) is 60.7 Å². The molecular weight excluding hydrogens is 294 g/mol. The Morgan fingerprint density at radius 1 is 0.792 bits per heavy atom. The molecule has 0 spiro atoms. The first-order valence-corrected chi connectivity index (χ1v) is 7.88. The molecule has 118 valence electrons. The van der Waals surface area contributed by atoms with Gasteiger partial charge in [-0.05, 0) is 29.3 Å². The number of anilines is 2. The summed E-state index contributed by atoms with van der Waals surface area (Å²) in [5.74, 6) is 0. The number of nitrogens with zero attached hydrogens (tertiary/aromatic N) is 2. The summed E-state index contributed by atoms with van der Waals surface area (Å²) in [6, 6.07) is 28.2. The Kier molecular flexibility index (Phi) is 4.78. The Hall–Kier alpha value is -3.25. The summed E-state index contributed by atoms with van der Waals surface area (Å²) in [5.41, 5.74) is 10.8. The first kappa shape index (κ1) is 15.6. The summed E-state index contributed by atoms with van der Waals surface area (Å²) >= 11 is 0. The number of benzene rings is 3. The van der Waals surface area contributed by atoms with E-state index < -0.39 is 0 Å². The number of nitrogens with two attached hydrogens (primary N) is 1. The van der Waals surface area contributed by atoms with E-state index in [2.05, 4.69) is 35.2 Å². The fraction of sp³-hybridized carbons (Fsp3) is 0.0952. The topological polar surface area (TPSA) is 53.0 Å². The first-order valence-electron chi connectivity index (χ1n) is 7.88. The van der Waals surface area contributed by atoms with Crippen LogP contribution in [0, 0.1) is 11.3 Å². The second-order valence-electron chi connectivity index (χ2n) is 5.71. The van der Waals surface area contributed by atoms with E-state index in [1.165, 1.54) is 11.1 Å². The van der Waals surface area contributed by atoms with Gasteiger partial charge in [-0.15, -0.1) is 0 Å². The van der Waals surface area contributed by atoms with E-state index >= 15 is 0 Å². The fourth-order valence-corrected chi connectivity index (χ4v) is 2.75. The van der Waals surface area contributed by atoms with Crippen LogP contribution >= 0.6 is 0 Å². The van der Waals surface area contributed by atoms with Crippen LogP contribution in [0.25, 0.3) is 0 Å². The van der Waals surface area contributed by atoms with Crippen molar-refractivity contribution in [2.75, 3.05) is 10.6 Å². The van der Waals surface area contributed by atoms with E-state index in [0.29, 0.717) is 11.3 Å². The molecule has 0 saturated heterocycles. The summed E-state index contributed by atoms with van der Waals surface area (Å²) in [7, 11) is 0. The second kappa shape index (κ2) is 7.34. The molecule has 0 fully saturated rings. The summed E-state index contributed by atoms with van der Waals surface area (Å²) in [6.07, 6.45) is 0. The minimum atomic E-state index is 0.579. The molecule has 0 radical (unpaired) electrons. The van der Waals surface area contributed by atoms with Gasteiger partial charge >= 0.3 is 0 Å². The highest BCUT2D eigenvalue weighted by molar-refractivity contribution is 5.69. The van der Waals surface area contributed by atoms with Crippen molar-refractivity contribution in [3.63, 3.8) is 0 Å². The van der Waals surface area contributed by atoms with Crippen LogP contribution in [-0.4, -0.2) is 0 Å². The largest absolute Gasteiger partial charge is 0.397 e. The van der Waals surface area contributed by atoms with Crippen LogP contribution in [0.5, 0.6) is 0 Å². The predicted molar refractivity (Wildman–Crippen MR) is 98.3 cm³/mol. The molecule has 0 unspecified atom stereocenters. The molecule has 0 aliphatic rings. The number of hydrogen-bond acceptors (Lipinski definition) is 3. The standard InChI is InChI=1S/C21H19N3/c22-14-19-11-12-21(20(23)13-19)24(15-17-7-3-1-4-8-17)16-18-9-5-2-6-10-18/h1-13H,15-16,23H2. The molecule has 0 aliphatic heterocycles. The lowest BCUT2D eigenvalue weighted by Gasteiger charge is -2.26. The molecular formula is C21H19N3. The van der Waals surface area contributed by atoms with Crippen molar-refractivity contribution in [1.29, 1.82) is 5.26 Å². The van der Waals surface area contributed by atoms with Crippen molar-refractivity contribution < 1.29 is 0 Å². The number of hydrogen-bond donors (Lipinski definition) is 1. The quantitative estimate of drug-likeness (QED) is 0.713. The normalized spacial score (nSPS) is 10.1. The van der Waals surface area contributed by atoms with Crippen molar-refractivity contribution >= 4 is 11.4 Å². The molecule has 3 aromatic carbocycles. The molecule has 24 heavy (non-hydrogen) atoms. The molecule has 0 saturated carbocycles. The third-order valence-corrected chi connectivity index (χ3v) is 3.93. The number of rotatable bonds is 5. The molecule has 0 atom stereocenters. The third kappa shape index (κ3) is 3.74. The molecule has 0 aliphatic carbocycles. The molecule has 3 heteroatoms. The Labute approximate surface area is 142 Å². The fourth-order valence-electron chi connectivity index (χ4n) is 2.75. The van der Waals surface area contributed by atoms with Crippen LogP contribution < -0.4 is 10.6 Å². The van der Waals surface area contributed by atoms with Crippen LogP contribution in [0.1, 0.15) is 16.7 Å². The SMILES string of the molecule is N#Cc1ccc(N(Cc2ccccc2)Cc2ccccc2)c(N)c1. The molecule has 0 bridgehead atoms. The Balaban J connectivity index is 1.93. The zero-order valence-electron chi connectivity index (χ0n) is 13.4. The van der Waals surface area contributed by atoms with Gasteiger partial charge < -0.3 is 10.6 Å². The molecule has 0 aromatic heterocycles. The van der Waals surface area contributed by atoms with Crippen LogP contribution in [0.2, 0.25) is 0 Å². The van der Waals surface area contributed by atoms with Gasteiger partial charge in [0, 0.05) is 13.1 Å². The van der Waals surface area contributed by atoms with E-state index in [1.807, 2.05) is 48.5 Å². The summed E-state index contributed by atoms with van der Waals surface area (Å²) in [6.45, 7) is 1.51. The van der Waals surface area contributed by atoms with Crippen LogP contribution in [0.15, 0.2) is 78.9 Å². The molecule has 3 nitrogen and oxygen atoms in total. The zero-order chi connectivity index (χ0) is 16.8. The highest BCUT2D eigenvalue weighted by Gasteiger charge is 2.12. The van der Waals surface area contributed by atoms with Crippen LogP contribution in [0.4, 0.5) is 11.4 Å². The number of nitrogen functional groups attached to an aromatic ring is 1. The van der Waals surface area contributed by atoms with E-state index in [4.69, 9.17) is 11.0 Å². The van der Waals surface area contributed by atoms with Crippen molar-refractivity contribution in [2.45, 2.75) is 13.1 Å². The Morgan fingerprint density at radius 2 is 1.33 bits per heavy atom. The smallest absolute Gasteiger partial charge is 0.0992 e. The summed E-state index contributed by atoms with van der Waals surface area (Å²) in [5, 5.41) is 9.04. The van der Waals surface area contributed by atoms with Crippen molar-refractivity contribution in [3.05, 3.63) is 95.6 Å². The lowest BCUT2D eigenvalue weighted by Crippen LogP contribution is -2.23. The van der Waals surface area contributed by atoms with Gasteiger partial charge in [0.25, 0.3) is 0 Å². The number of nitriles is 1. The monoisotopic (exact) mass is 313 g/mol. The first-order chi connectivity index (χ1) is 11.8.